The van der Waals surface area contributed by atoms with E-state index in [2.05, 4.69) is 0 Å². The lowest BCUT2D eigenvalue weighted by atomic mass is 9.98. The lowest BCUT2D eigenvalue weighted by Gasteiger charge is -2.30. The molecule has 0 aromatic heterocycles. The molecule has 0 amide bonds. The van der Waals surface area contributed by atoms with Gasteiger partial charge in [0.1, 0.15) is 6.29 Å². The molecule has 104 valence electrons. The van der Waals surface area contributed by atoms with Gasteiger partial charge in [0.2, 0.25) is 0 Å². The number of rotatable bonds is 3. The Morgan fingerprint density at radius 3 is 2.74 bits per heavy atom. The summed E-state index contributed by atoms with van der Waals surface area (Å²) < 4.78 is 38.6. The van der Waals surface area contributed by atoms with Gasteiger partial charge in [0.05, 0.1) is 5.56 Å². The van der Waals surface area contributed by atoms with Crippen molar-refractivity contribution < 1.29 is 18.0 Å². The highest BCUT2D eigenvalue weighted by Crippen LogP contribution is 2.32. The second-order valence-corrected chi connectivity index (χ2v) is 4.93. The van der Waals surface area contributed by atoms with E-state index >= 15 is 0 Å². The van der Waals surface area contributed by atoms with Gasteiger partial charge < -0.3 is 4.79 Å². The number of nitrogens with zero attached hydrogens (tertiary/aromatic N) is 1. The number of carbonyl (C=O) groups excluding carboxylic acids is 1. The van der Waals surface area contributed by atoms with Gasteiger partial charge in [-0.3, -0.25) is 4.90 Å². The van der Waals surface area contributed by atoms with Crippen LogP contribution in [0.3, 0.4) is 0 Å². The Balaban J connectivity index is 2.13. The molecule has 1 fully saturated rings. The van der Waals surface area contributed by atoms with Crippen LogP contribution in [0.15, 0.2) is 24.3 Å². The second-order valence-electron chi connectivity index (χ2n) is 4.93. The molecule has 1 aromatic rings. The quantitative estimate of drug-likeness (QED) is 0.787. The van der Waals surface area contributed by atoms with Crippen LogP contribution in [0.2, 0.25) is 0 Å². The summed E-state index contributed by atoms with van der Waals surface area (Å²) in [7, 11) is 0. The van der Waals surface area contributed by atoms with E-state index in [1.165, 1.54) is 12.1 Å². The monoisotopic (exact) mass is 271 g/mol. The topological polar surface area (TPSA) is 20.3 Å². The summed E-state index contributed by atoms with van der Waals surface area (Å²) in [5.74, 6) is -0.0493. The van der Waals surface area contributed by atoms with Gasteiger partial charge in [0, 0.05) is 19.0 Å². The molecule has 1 aliphatic rings. The van der Waals surface area contributed by atoms with E-state index in [1.807, 2.05) is 4.90 Å². The first-order chi connectivity index (χ1) is 9.00. The van der Waals surface area contributed by atoms with Gasteiger partial charge in [-0.25, -0.2) is 0 Å². The normalized spacial score (nSPS) is 21.3. The molecule has 0 spiro atoms. The third-order valence-electron chi connectivity index (χ3n) is 3.45. The van der Waals surface area contributed by atoms with Gasteiger partial charge in [-0.2, -0.15) is 13.2 Å². The smallest absolute Gasteiger partial charge is 0.303 e. The average Bonchev–Trinajstić information content (AvgIpc) is 2.38. The average molecular weight is 271 g/mol. The summed E-state index contributed by atoms with van der Waals surface area (Å²) in [5, 5.41) is 0. The molecule has 0 radical (unpaired) electrons. The van der Waals surface area contributed by atoms with Crippen LogP contribution in [0.25, 0.3) is 0 Å². The molecular formula is C14H16F3NO. The van der Waals surface area contributed by atoms with E-state index in [0.717, 1.165) is 31.7 Å². The van der Waals surface area contributed by atoms with Crippen LogP contribution in [0, 0.1) is 5.92 Å². The fraction of sp³-hybridized carbons (Fsp3) is 0.500. The molecule has 5 heteroatoms. The zero-order chi connectivity index (χ0) is 13.9. The fourth-order valence-corrected chi connectivity index (χ4v) is 2.52. The summed E-state index contributed by atoms with van der Waals surface area (Å²) in [6.45, 7) is 1.55. The van der Waals surface area contributed by atoms with Crippen LogP contribution in [-0.4, -0.2) is 24.3 Å². The summed E-state index contributed by atoms with van der Waals surface area (Å²) >= 11 is 0. The first-order valence-electron chi connectivity index (χ1n) is 6.33. The Morgan fingerprint density at radius 2 is 2.05 bits per heavy atom. The molecule has 1 heterocycles. The lowest BCUT2D eigenvalue weighted by Crippen LogP contribution is -2.35. The number of piperidine rings is 1. The van der Waals surface area contributed by atoms with Gasteiger partial charge in [-0.15, -0.1) is 0 Å². The number of hydrogen-bond acceptors (Lipinski definition) is 2. The summed E-state index contributed by atoms with van der Waals surface area (Å²) in [6.07, 6.45) is -1.73. The van der Waals surface area contributed by atoms with E-state index < -0.39 is 11.7 Å². The van der Waals surface area contributed by atoms with Crippen molar-refractivity contribution in [3.63, 3.8) is 0 Å². The molecule has 1 aliphatic heterocycles. The molecular weight excluding hydrogens is 255 g/mol. The SMILES string of the molecule is O=CC1CCCN(Cc2ccccc2C(F)(F)F)C1. The number of alkyl halides is 3. The highest BCUT2D eigenvalue weighted by Gasteiger charge is 2.33. The van der Waals surface area contributed by atoms with E-state index in [0.29, 0.717) is 6.54 Å². The number of carbonyl (C=O) groups is 1. The van der Waals surface area contributed by atoms with Crippen molar-refractivity contribution in [1.82, 2.24) is 4.90 Å². The molecule has 19 heavy (non-hydrogen) atoms. The van der Waals surface area contributed by atoms with Crippen molar-refractivity contribution >= 4 is 6.29 Å². The summed E-state index contributed by atoms with van der Waals surface area (Å²) in [5.41, 5.74) is -0.301. The number of hydrogen-bond donors (Lipinski definition) is 0. The van der Waals surface area contributed by atoms with Crippen molar-refractivity contribution in [1.29, 1.82) is 0 Å². The Hall–Kier alpha value is -1.36. The maximum Gasteiger partial charge on any atom is 0.416 e. The Kier molecular flexibility index (Phi) is 4.24. The third kappa shape index (κ3) is 3.56. The fourth-order valence-electron chi connectivity index (χ4n) is 2.52. The van der Waals surface area contributed by atoms with Gasteiger partial charge in [-0.1, -0.05) is 18.2 Å². The predicted molar refractivity (Wildman–Crippen MR) is 65.5 cm³/mol. The molecule has 2 nitrogen and oxygen atoms in total. The number of likely N-dealkylation sites (tertiary alicyclic amines) is 1. The molecule has 0 saturated carbocycles. The Bertz CT molecular complexity index is 445. The van der Waals surface area contributed by atoms with Crippen molar-refractivity contribution in [2.45, 2.75) is 25.6 Å². The predicted octanol–water partition coefficient (Wildman–Crippen LogP) is 3.12. The van der Waals surface area contributed by atoms with Gasteiger partial charge in [0.25, 0.3) is 0 Å². The molecule has 2 rings (SSSR count). The number of halogens is 3. The first-order valence-corrected chi connectivity index (χ1v) is 6.33. The summed E-state index contributed by atoms with van der Waals surface area (Å²) in [4.78, 5) is 12.7. The minimum absolute atomic E-state index is 0.0493. The van der Waals surface area contributed by atoms with Crippen LogP contribution < -0.4 is 0 Å². The highest BCUT2D eigenvalue weighted by atomic mass is 19.4. The van der Waals surface area contributed by atoms with Gasteiger partial charge in [0.15, 0.2) is 0 Å². The molecule has 1 unspecified atom stereocenters. The second kappa shape index (κ2) is 5.74. The third-order valence-corrected chi connectivity index (χ3v) is 3.45. The molecule has 1 aromatic carbocycles. The molecule has 0 N–H and O–H groups in total. The zero-order valence-corrected chi connectivity index (χ0v) is 10.5. The Morgan fingerprint density at radius 1 is 1.32 bits per heavy atom. The lowest BCUT2D eigenvalue weighted by molar-refractivity contribution is -0.138. The van der Waals surface area contributed by atoms with E-state index in [-0.39, 0.29) is 18.0 Å². The summed E-state index contributed by atoms with van der Waals surface area (Å²) in [6, 6.07) is 5.63. The Labute approximate surface area is 110 Å². The van der Waals surface area contributed by atoms with Gasteiger partial charge >= 0.3 is 6.18 Å². The largest absolute Gasteiger partial charge is 0.416 e. The first kappa shape index (κ1) is 14.1. The number of benzene rings is 1. The van der Waals surface area contributed by atoms with Crippen LogP contribution >= 0.6 is 0 Å². The number of aldehydes is 1. The van der Waals surface area contributed by atoms with Crippen molar-refractivity contribution in [2.75, 3.05) is 13.1 Å². The van der Waals surface area contributed by atoms with E-state index in [1.54, 1.807) is 6.07 Å². The maximum atomic E-state index is 12.9. The van der Waals surface area contributed by atoms with E-state index in [9.17, 15) is 18.0 Å². The van der Waals surface area contributed by atoms with Crippen molar-refractivity contribution in [3.05, 3.63) is 35.4 Å². The van der Waals surface area contributed by atoms with Crippen LogP contribution in [0.5, 0.6) is 0 Å². The van der Waals surface area contributed by atoms with E-state index in [4.69, 9.17) is 0 Å². The van der Waals surface area contributed by atoms with Crippen molar-refractivity contribution in [3.8, 4) is 0 Å². The minimum Gasteiger partial charge on any atom is -0.303 e. The van der Waals surface area contributed by atoms with Crippen molar-refractivity contribution in [2.24, 2.45) is 5.92 Å². The van der Waals surface area contributed by atoms with Crippen LogP contribution in [0.4, 0.5) is 13.2 Å². The standard InChI is InChI=1S/C14H16F3NO/c15-14(16,17)13-6-2-1-5-12(13)9-18-7-3-4-11(8-18)10-19/h1-2,5-6,10-11H,3-4,7-9H2. The van der Waals surface area contributed by atoms with Crippen LogP contribution in [-0.2, 0) is 17.5 Å². The molecule has 1 saturated heterocycles. The molecule has 0 bridgehead atoms. The minimum atomic E-state index is -4.32. The molecule has 0 aliphatic carbocycles. The molecule has 1 atom stereocenters. The zero-order valence-electron chi connectivity index (χ0n) is 10.5. The van der Waals surface area contributed by atoms with Gasteiger partial charge in [-0.05, 0) is 31.0 Å². The maximum absolute atomic E-state index is 12.9. The van der Waals surface area contributed by atoms with Crippen LogP contribution in [0.1, 0.15) is 24.0 Å². The highest BCUT2D eigenvalue weighted by molar-refractivity contribution is 5.54.